The number of aromatic nitrogens is 2. The number of carbonyl (C=O) groups is 1. The predicted octanol–water partition coefficient (Wildman–Crippen LogP) is 7.67. The number of benzene rings is 4. The molecule has 5 rings (SSSR count). The molecule has 5 nitrogen and oxygen atoms in total. The summed E-state index contributed by atoms with van der Waals surface area (Å²) in [7, 11) is 0. The second-order valence-corrected chi connectivity index (χ2v) is 10.8. The fraction of sp³-hybridized carbons (Fsp3) is 0.229. The highest BCUT2D eigenvalue weighted by Gasteiger charge is 2.31. The maximum absolute atomic E-state index is 14.4. The number of fused-ring (bicyclic) bond motifs is 1. The highest BCUT2D eigenvalue weighted by Crippen LogP contribution is 2.30. The molecule has 0 spiro atoms. The summed E-state index contributed by atoms with van der Waals surface area (Å²) in [6.45, 7) is 6.42. The molecule has 0 fully saturated rings. The van der Waals surface area contributed by atoms with E-state index in [1.807, 2.05) is 105 Å². The average molecular weight is 564 g/mol. The molecular formula is C35H34ClN3O2. The number of amides is 1. The van der Waals surface area contributed by atoms with Crippen LogP contribution in [0.4, 0.5) is 0 Å². The minimum Gasteiger partial charge on any atom is -0.332 e. The van der Waals surface area contributed by atoms with Crippen LogP contribution in [0.2, 0.25) is 5.02 Å². The summed E-state index contributed by atoms with van der Waals surface area (Å²) in [6, 6.07) is 32.4. The molecule has 1 aromatic heterocycles. The van der Waals surface area contributed by atoms with Crippen LogP contribution in [-0.4, -0.2) is 26.9 Å². The molecule has 0 aliphatic heterocycles. The molecule has 2 atom stereocenters. The van der Waals surface area contributed by atoms with Gasteiger partial charge in [0, 0.05) is 11.6 Å². The summed E-state index contributed by atoms with van der Waals surface area (Å²) in [5.74, 6) is 0.222. The summed E-state index contributed by atoms with van der Waals surface area (Å²) >= 11 is 6.29. The van der Waals surface area contributed by atoms with E-state index in [1.165, 1.54) is 0 Å². The normalized spacial score (nSPS) is 12.7. The van der Waals surface area contributed by atoms with E-state index >= 15 is 0 Å². The molecular weight excluding hydrogens is 530 g/mol. The van der Waals surface area contributed by atoms with Crippen LogP contribution >= 0.6 is 11.6 Å². The van der Waals surface area contributed by atoms with Crippen LogP contribution in [0.25, 0.3) is 16.6 Å². The van der Waals surface area contributed by atoms with Crippen LogP contribution in [0, 0.1) is 6.92 Å². The van der Waals surface area contributed by atoms with Gasteiger partial charge < -0.3 is 4.90 Å². The smallest absolute Gasteiger partial charge is 0.266 e. The fourth-order valence-electron chi connectivity index (χ4n) is 5.50. The Kier molecular flexibility index (Phi) is 8.65. The van der Waals surface area contributed by atoms with E-state index in [0.29, 0.717) is 46.8 Å². The number of para-hydroxylation sites is 1. The van der Waals surface area contributed by atoms with E-state index in [1.54, 1.807) is 16.7 Å². The van der Waals surface area contributed by atoms with Crippen molar-refractivity contribution in [1.82, 2.24) is 14.5 Å². The van der Waals surface area contributed by atoms with Gasteiger partial charge >= 0.3 is 0 Å². The minimum atomic E-state index is -0.489. The molecule has 41 heavy (non-hydrogen) atoms. The van der Waals surface area contributed by atoms with Gasteiger partial charge in [-0.25, -0.2) is 4.98 Å². The number of hydrogen-bond acceptors (Lipinski definition) is 3. The van der Waals surface area contributed by atoms with Crippen molar-refractivity contribution in [3.05, 3.63) is 141 Å². The van der Waals surface area contributed by atoms with Gasteiger partial charge in [-0.3, -0.25) is 14.2 Å². The van der Waals surface area contributed by atoms with Crippen LogP contribution in [-0.2, 0) is 11.2 Å². The summed E-state index contributed by atoms with van der Waals surface area (Å²) in [4.78, 5) is 35.4. The quantitative estimate of drug-likeness (QED) is 0.185. The van der Waals surface area contributed by atoms with E-state index in [2.05, 4.69) is 12.1 Å². The van der Waals surface area contributed by atoms with Crippen LogP contribution < -0.4 is 5.56 Å². The topological polar surface area (TPSA) is 55.2 Å². The van der Waals surface area contributed by atoms with Gasteiger partial charge in [0.25, 0.3) is 5.56 Å². The lowest BCUT2D eigenvalue weighted by Crippen LogP contribution is -2.41. The Hall–Kier alpha value is -4.22. The van der Waals surface area contributed by atoms with Crippen molar-refractivity contribution in [1.29, 1.82) is 0 Å². The number of hydrogen-bond donors (Lipinski definition) is 0. The molecule has 4 aromatic carbocycles. The Bertz CT molecular complexity index is 1720. The molecule has 0 saturated carbocycles. The standard InChI is InChI=1S/C35H34ClN3O2/c1-4-29(27-15-9-6-10-16-27)34(40)38(22-21-26-13-7-5-8-14-26)25(3)33-37-31-18-12-11-17-30(31)35(41)39(33)32-20-19-28(36)23-24(32)2/h5-20,23,25,29H,4,21-22H2,1-3H3. The van der Waals surface area contributed by atoms with Gasteiger partial charge in [-0.2, -0.15) is 0 Å². The molecule has 0 aliphatic carbocycles. The summed E-state index contributed by atoms with van der Waals surface area (Å²) in [6.07, 6.45) is 1.34. The largest absolute Gasteiger partial charge is 0.332 e. The van der Waals surface area contributed by atoms with Crippen molar-refractivity contribution in [2.45, 2.75) is 45.6 Å². The van der Waals surface area contributed by atoms with Crippen molar-refractivity contribution < 1.29 is 4.79 Å². The van der Waals surface area contributed by atoms with Gasteiger partial charge in [-0.05, 0) is 73.7 Å². The van der Waals surface area contributed by atoms with E-state index < -0.39 is 6.04 Å². The maximum Gasteiger partial charge on any atom is 0.266 e. The highest BCUT2D eigenvalue weighted by atomic mass is 35.5. The third-order valence-electron chi connectivity index (χ3n) is 7.72. The Morgan fingerprint density at radius 3 is 2.27 bits per heavy atom. The number of rotatable bonds is 9. The van der Waals surface area contributed by atoms with Crippen molar-refractivity contribution in [2.24, 2.45) is 0 Å². The van der Waals surface area contributed by atoms with Crippen molar-refractivity contribution >= 4 is 28.4 Å². The second kappa shape index (κ2) is 12.5. The lowest BCUT2D eigenvalue weighted by molar-refractivity contribution is -0.135. The van der Waals surface area contributed by atoms with Crippen molar-refractivity contribution in [3.8, 4) is 5.69 Å². The van der Waals surface area contributed by atoms with Gasteiger partial charge in [0.05, 0.1) is 28.6 Å². The fourth-order valence-corrected chi connectivity index (χ4v) is 5.73. The Morgan fingerprint density at radius 1 is 0.927 bits per heavy atom. The first-order chi connectivity index (χ1) is 19.9. The van der Waals surface area contributed by atoms with Crippen LogP contribution in [0.15, 0.2) is 108 Å². The number of nitrogens with zero attached hydrogens (tertiary/aromatic N) is 3. The SMILES string of the molecule is CCC(C(=O)N(CCc1ccccc1)C(C)c1nc2ccccc2c(=O)n1-c1ccc(Cl)cc1C)c1ccccc1. The molecule has 1 heterocycles. The molecule has 6 heteroatoms. The van der Waals surface area contributed by atoms with Crippen molar-refractivity contribution in [2.75, 3.05) is 6.54 Å². The number of aryl methyl sites for hydroxylation is 1. The first-order valence-corrected chi connectivity index (χ1v) is 14.4. The van der Waals surface area contributed by atoms with Gasteiger partial charge in [-0.15, -0.1) is 0 Å². The predicted molar refractivity (Wildman–Crippen MR) is 167 cm³/mol. The van der Waals surface area contributed by atoms with Gasteiger partial charge in [0.1, 0.15) is 5.82 Å². The minimum absolute atomic E-state index is 0.0175. The third-order valence-corrected chi connectivity index (χ3v) is 7.95. The Balaban J connectivity index is 1.67. The first-order valence-electron chi connectivity index (χ1n) is 14.1. The third kappa shape index (κ3) is 5.96. The monoisotopic (exact) mass is 563 g/mol. The maximum atomic E-state index is 14.4. The highest BCUT2D eigenvalue weighted by molar-refractivity contribution is 6.30. The van der Waals surface area contributed by atoms with Crippen molar-refractivity contribution in [3.63, 3.8) is 0 Å². The molecule has 208 valence electrons. The zero-order chi connectivity index (χ0) is 28.9. The van der Waals surface area contributed by atoms with Crippen LogP contribution in [0.5, 0.6) is 0 Å². The van der Waals surface area contributed by atoms with Gasteiger partial charge in [0.2, 0.25) is 5.91 Å². The van der Waals surface area contributed by atoms with Gasteiger partial charge in [0.15, 0.2) is 0 Å². The molecule has 2 unspecified atom stereocenters. The number of carbonyl (C=O) groups excluding carboxylic acids is 1. The molecule has 0 bridgehead atoms. The second-order valence-electron chi connectivity index (χ2n) is 10.4. The lowest BCUT2D eigenvalue weighted by atomic mass is 9.94. The molecule has 0 saturated heterocycles. The number of halogens is 1. The zero-order valence-corrected chi connectivity index (χ0v) is 24.4. The Labute approximate surface area is 246 Å². The summed E-state index contributed by atoms with van der Waals surface area (Å²) < 4.78 is 1.66. The first kappa shape index (κ1) is 28.3. The van der Waals surface area contributed by atoms with Crippen LogP contribution in [0.3, 0.4) is 0 Å². The van der Waals surface area contributed by atoms with E-state index in [9.17, 15) is 9.59 Å². The van der Waals surface area contributed by atoms with E-state index in [4.69, 9.17) is 16.6 Å². The molecule has 0 N–H and O–H groups in total. The lowest BCUT2D eigenvalue weighted by Gasteiger charge is -2.33. The Morgan fingerprint density at radius 2 is 1.59 bits per heavy atom. The van der Waals surface area contributed by atoms with E-state index in [-0.39, 0.29) is 17.4 Å². The van der Waals surface area contributed by atoms with E-state index in [0.717, 1.165) is 16.7 Å². The average Bonchev–Trinajstić information content (AvgIpc) is 2.99. The molecule has 5 aromatic rings. The molecule has 0 aliphatic rings. The molecule has 1 amide bonds. The van der Waals surface area contributed by atoms with Crippen LogP contribution in [0.1, 0.15) is 54.7 Å². The zero-order valence-electron chi connectivity index (χ0n) is 23.6. The summed E-state index contributed by atoms with van der Waals surface area (Å²) in [5.41, 5.74) is 4.10. The summed E-state index contributed by atoms with van der Waals surface area (Å²) in [5, 5.41) is 1.12. The van der Waals surface area contributed by atoms with Gasteiger partial charge in [-0.1, -0.05) is 91.3 Å². The molecule has 0 radical (unpaired) electrons.